The number of fused-ring (bicyclic) bond motifs is 11. The highest BCUT2D eigenvalue weighted by Crippen LogP contribution is 2.82. The molecule has 7 aliphatic carbocycles. The van der Waals surface area contributed by atoms with Crippen LogP contribution in [-0.2, 0) is 24.5 Å². The van der Waals surface area contributed by atoms with E-state index >= 15 is 0 Å². The predicted molar refractivity (Wildman–Crippen MR) is 144 cm³/mol. The van der Waals surface area contributed by atoms with Crippen LogP contribution in [0.5, 0.6) is 5.75 Å². The lowest BCUT2D eigenvalue weighted by atomic mass is 9.46. The van der Waals surface area contributed by atoms with Gasteiger partial charge in [0.15, 0.2) is 5.79 Å². The van der Waals surface area contributed by atoms with Gasteiger partial charge < -0.3 is 14.2 Å². The highest BCUT2D eigenvalue weighted by molar-refractivity contribution is 5.94. The molecule has 39 heavy (non-hydrogen) atoms. The number of rotatable bonds is 2. The molecule has 6 fully saturated rings. The van der Waals surface area contributed by atoms with Crippen molar-refractivity contribution in [2.24, 2.45) is 58.2 Å². The first-order valence-electron chi connectivity index (χ1n) is 15.3. The smallest absolute Gasteiger partial charge is 0.176 e. The number of allylic oxidation sites excluding steroid dienone is 4. The van der Waals surface area contributed by atoms with Crippen LogP contribution in [0.1, 0.15) is 51.0 Å². The fourth-order valence-electron chi connectivity index (χ4n) is 12.4. The van der Waals surface area contributed by atoms with E-state index in [0.29, 0.717) is 37.1 Å². The lowest BCUT2D eigenvalue weighted by Gasteiger charge is -2.59. The van der Waals surface area contributed by atoms with Gasteiger partial charge in [0.25, 0.3) is 0 Å². The van der Waals surface area contributed by atoms with Gasteiger partial charge in [-0.25, -0.2) is 0 Å². The van der Waals surface area contributed by atoms with Crippen molar-refractivity contribution in [1.29, 1.82) is 0 Å². The van der Waals surface area contributed by atoms with Gasteiger partial charge in [-0.15, -0.1) is 0 Å². The summed E-state index contributed by atoms with van der Waals surface area (Å²) < 4.78 is 18.8. The molecule has 5 nitrogen and oxygen atoms in total. The molecule has 5 heteroatoms. The summed E-state index contributed by atoms with van der Waals surface area (Å²) in [5.41, 5.74) is 0.535. The second kappa shape index (κ2) is 7.33. The van der Waals surface area contributed by atoms with E-state index in [0.717, 1.165) is 31.4 Å². The third-order valence-corrected chi connectivity index (χ3v) is 13.5. The lowest BCUT2D eigenvalue weighted by molar-refractivity contribution is -0.277. The largest absolute Gasteiger partial charge is 0.497 e. The minimum absolute atomic E-state index is 0.00221. The summed E-state index contributed by atoms with van der Waals surface area (Å²) in [5, 5.41) is 0. The Morgan fingerprint density at radius 1 is 0.897 bits per heavy atom. The van der Waals surface area contributed by atoms with Crippen molar-refractivity contribution in [1.82, 2.24) is 0 Å². The highest BCUT2D eigenvalue weighted by Gasteiger charge is 2.82. The fraction of sp³-hybridized carbons (Fsp3) is 0.647. The minimum atomic E-state index is -0.797. The van der Waals surface area contributed by atoms with Crippen LogP contribution in [0.2, 0.25) is 0 Å². The summed E-state index contributed by atoms with van der Waals surface area (Å²) in [7, 11) is 1.70. The Balaban J connectivity index is 1.26. The Labute approximate surface area is 230 Å². The minimum Gasteiger partial charge on any atom is -0.497 e. The fourth-order valence-corrected chi connectivity index (χ4v) is 12.4. The average molecular weight is 527 g/mol. The Morgan fingerprint density at radius 2 is 1.64 bits per heavy atom. The van der Waals surface area contributed by atoms with Crippen molar-refractivity contribution in [3.63, 3.8) is 0 Å². The van der Waals surface area contributed by atoms with Crippen molar-refractivity contribution in [3.8, 4) is 5.75 Å². The second-order valence-corrected chi connectivity index (χ2v) is 14.1. The number of hydrogen-bond acceptors (Lipinski definition) is 5. The maximum atomic E-state index is 14.9. The van der Waals surface area contributed by atoms with Crippen LogP contribution in [0.15, 0.2) is 48.6 Å². The molecule has 204 valence electrons. The first-order chi connectivity index (χ1) is 18.9. The molecule has 0 amide bonds. The molecule has 4 bridgehead atoms. The molecule has 1 saturated heterocycles. The molecule has 11 atom stereocenters. The number of carbonyl (C=O) groups is 2. The first-order valence-corrected chi connectivity index (χ1v) is 15.3. The maximum absolute atomic E-state index is 14.9. The van der Waals surface area contributed by atoms with Gasteiger partial charge in [-0.1, -0.05) is 56.2 Å². The SMILES string of the molecule is COc1ccc([C@@]23C=C[C@]4(CCCC[C@@]42C)[C@H]2[C@@H]4C(=O)[C@@H]5[C@@H]([C@@H]6C=C[C@H]5C6)C5(OCCO5)[C@@H]4CC(=O)[C@H]23)cc1. The number of benzene rings is 1. The zero-order valence-electron chi connectivity index (χ0n) is 22.9. The molecule has 1 aliphatic heterocycles. The summed E-state index contributed by atoms with van der Waals surface area (Å²) in [5.74, 6) is 0.823. The summed E-state index contributed by atoms with van der Waals surface area (Å²) >= 11 is 0. The van der Waals surface area contributed by atoms with Gasteiger partial charge in [-0.3, -0.25) is 9.59 Å². The third-order valence-electron chi connectivity index (χ3n) is 13.5. The first kappa shape index (κ1) is 23.5. The van der Waals surface area contributed by atoms with Crippen molar-refractivity contribution < 1.29 is 23.8 Å². The molecule has 1 aromatic rings. The van der Waals surface area contributed by atoms with Gasteiger partial charge >= 0.3 is 0 Å². The van der Waals surface area contributed by atoms with Gasteiger partial charge in [0.2, 0.25) is 0 Å². The van der Waals surface area contributed by atoms with E-state index in [-0.39, 0.29) is 52.3 Å². The van der Waals surface area contributed by atoms with E-state index in [1.54, 1.807) is 7.11 Å². The molecule has 1 heterocycles. The normalized spacial score (nSPS) is 51.2. The predicted octanol–water partition coefficient (Wildman–Crippen LogP) is 5.28. The van der Waals surface area contributed by atoms with Gasteiger partial charge in [0.05, 0.1) is 20.3 Å². The maximum Gasteiger partial charge on any atom is 0.176 e. The molecule has 9 rings (SSSR count). The zero-order valence-corrected chi connectivity index (χ0v) is 22.9. The van der Waals surface area contributed by atoms with Gasteiger partial charge in [-0.05, 0) is 65.5 Å². The Kier molecular flexibility index (Phi) is 4.41. The summed E-state index contributed by atoms with van der Waals surface area (Å²) in [6, 6.07) is 8.46. The van der Waals surface area contributed by atoms with Gasteiger partial charge in [0.1, 0.15) is 17.3 Å². The molecule has 1 aromatic carbocycles. The van der Waals surface area contributed by atoms with Crippen molar-refractivity contribution in [3.05, 3.63) is 54.1 Å². The van der Waals surface area contributed by atoms with E-state index in [9.17, 15) is 9.59 Å². The van der Waals surface area contributed by atoms with E-state index in [4.69, 9.17) is 14.2 Å². The van der Waals surface area contributed by atoms with E-state index in [1.807, 2.05) is 12.1 Å². The second-order valence-electron chi connectivity index (χ2n) is 14.1. The van der Waals surface area contributed by atoms with E-state index < -0.39 is 11.2 Å². The quantitative estimate of drug-likeness (QED) is 0.491. The molecular weight excluding hydrogens is 488 g/mol. The molecule has 0 unspecified atom stereocenters. The van der Waals surface area contributed by atoms with Gasteiger partial charge in [0, 0.05) is 41.4 Å². The van der Waals surface area contributed by atoms with Crippen LogP contribution in [-0.4, -0.2) is 37.7 Å². The molecule has 8 aliphatic rings. The molecule has 0 radical (unpaired) electrons. The number of methoxy groups -OCH3 is 1. The molecule has 1 spiro atoms. The topological polar surface area (TPSA) is 61.8 Å². The van der Waals surface area contributed by atoms with Crippen LogP contribution in [0.25, 0.3) is 0 Å². The number of hydrogen-bond donors (Lipinski definition) is 0. The Bertz CT molecular complexity index is 1340. The Hall–Kier alpha value is -2.24. The highest BCUT2D eigenvalue weighted by atomic mass is 16.7. The summed E-state index contributed by atoms with van der Waals surface area (Å²) in [6.07, 6.45) is 15.4. The van der Waals surface area contributed by atoms with Crippen LogP contribution in [0.3, 0.4) is 0 Å². The average Bonchev–Trinajstić information content (AvgIpc) is 3.76. The monoisotopic (exact) mass is 526 g/mol. The number of ketones is 2. The third kappa shape index (κ3) is 2.35. The van der Waals surface area contributed by atoms with Crippen molar-refractivity contribution in [2.45, 2.75) is 56.7 Å². The van der Waals surface area contributed by atoms with Crippen LogP contribution < -0.4 is 4.74 Å². The molecule has 5 saturated carbocycles. The van der Waals surface area contributed by atoms with Crippen LogP contribution in [0.4, 0.5) is 0 Å². The Morgan fingerprint density at radius 3 is 2.41 bits per heavy atom. The number of carbonyl (C=O) groups excluding carboxylic acids is 2. The molecular formula is C34H38O5. The summed E-state index contributed by atoms with van der Waals surface area (Å²) in [6.45, 7) is 3.57. The zero-order chi connectivity index (χ0) is 26.4. The van der Waals surface area contributed by atoms with Crippen LogP contribution >= 0.6 is 0 Å². The number of Topliss-reactive ketones (excluding diaryl/α,β-unsaturated/α-hetero) is 2. The van der Waals surface area contributed by atoms with Crippen LogP contribution in [0, 0.1) is 58.2 Å². The molecule has 0 aromatic heterocycles. The summed E-state index contributed by atoms with van der Waals surface area (Å²) in [4.78, 5) is 29.6. The van der Waals surface area contributed by atoms with E-state index in [2.05, 4.69) is 43.4 Å². The van der Waals surface area contributed by atoms with Crippen molar-refractivity contribution in [2.75, 3.05) is 20.3 Å². The van der Waals surface area contributed by atoms with Gasteiger partial charge in [-0.2, -0.15) is 0 Å². The standard InChI is InChI=1S/C34H38O5/c1-31-11-3-4-12-32(31)13-14-33(31,21-7-9-22(37-2)10-8-21)28-24(35)18-23-26(29(28)32)30(36)25-19-5-6-20(17-19)27(25)34(23)38-15-16-39-34/h5-10,13-14,19-20,23,25-29H,3-4,11-12,15-18H2,1-2H3/t19-,20+,23+,25-,26+,27+,28+,29-,31-,32+,33+/m0/s1. The van der Waals surface area contributed by atoms with Crippen molar-refractivity contribution >= 4 is 11.6 Å². The van der Waals surface area contributed by atoms with E-state index in [1.165, 1.54) is 12.0 Å². The number of ether oxygens (including phenoxy) is 3. The lowest BCUT2D eigenvalue weighted by Crippen LogP contribution is -2.66. The molecule has 0 N–H and O–H groups in total.